The van der Waals surface area contributed by atoms with E-state index < -0.39 is 5.67 Å². The summed E-state index contributed by atoms with van der Waals surface area (Å²) in [5, 5.41) is 0. The lowest BCUT2D eigenvalue weighted by Gasteiger charge is -2.08. The summed E-state index contributed by atoms with van der Waals surface area (Å²) in [5.41, 5.74) is 5.72. The summed E-state index contributed by atoms with van der Waals surface area (Å²) in [6.45, 7) is 2.88. The smallest absolute Gasteiger partial charge is 0.177 e. The molecule has 3 N–H and O–H groups in total. The van der Waals surface area contributed by atoms with Crippen molar-refractivity contribution in [2.75, 3.05) is 5.73 Å². The van der Waals surface area contributed by atoms with Crippen LogP contribution >= 0.6 is 0 Å². The van der Waals surface area contributed by atoms with Crippen molar-refractivity contribution in [2.45, 2.75) is 19.5 Å². The third kappa shape index (κ3) is 1.41. The number of pyridine rings is 1. The fraction of sp³-hybridized carbons (Fsp3) is 0.333. The van der Waals surface area contributed by atoms with Crippen molar-refractivity contribution in [2.24, 2.45) is 0 Å². The highest BCUT2D eigenvalue weighted by molar-refractivity contribution is 5.74. The van der Waals surface area contributed by atoms with Gasteiger partial charge < -0.3 is 10.7 Å². The second-order valence-electron chi connectivity index (χ2n) is 3.70. The molecule has 4 nitrogen and oxygen atoms in total. The zero-order chi connectivity index (χ0) is 10.3. The van der Waals surface area contributed by atoms with Crippen molar-refractivity contribution in [1.29, 1.82) is 0 Å². The van der Waals surface area contributed by atoms with Gasteiger partial charge in [0.15, 0.2) is 11.3 Å². The zero-order valence-corrected chi connectivity index (χ0v) is 8.00. The molecule has 2 rings (SSSR count). The van der Waals surface area contributed by atoms with Crippen molar-refractivity contribution in [3.05, 3.63) is 18.1 Å². The predicted molar refractivity (Wildman–Crippen MR) is 52.4 cm³/mol. The number of aromatic amines is 1. The molecule has 2 aromatic heterocycles. The third-order valence-corrected chi connectivity index (χ3v) is 1.92. The summed E-state index contributed by atoms with van der Waals surface area (Å²) in [4.78, 5) is 10.9. The van der Waals surface area contributed by atoms with Gasteiger partial charge in [-0.15, -0.1) is 0 Å². The number of aromatic nitrogens is 3. The van der Waals surface area contributed by atoms with Gasteiger partial charge in [0.2, 0.25) is 0 Å². The topological polar surface area (TPSA) is 67.6 Å². The number of nitrogen functional groups attached to an aromatic ring is 1. The number of imidazole rings is 1. The first-order valence-corrected chi connectivity index (χ1v) is 4.27. The fourth-order valence-electron chi connectivity index (χ4n) is 1.20. The van der Waals surface area contributed by atoms with Crippen molar-refractivity contribution >= 4 is 16.9 Å². The number of alkyl halides is 1. The summed E-state index contributed by atoms with van der Waals surface area (Å²) in [5.74, 6) is 0.269. The molecular weight excluding hydrogens is 183 g/mol. The lowest BCUT2D eigenvalue weighted by molar-refractivity contribution is 0.208. The van der Waals surface area contributed by atoms with E-state index in [4.69, 9.17) is 5.73 Å². The summed E-state index contributed by atoms with van der Waals surface area (Å²) >= 11 is 0. The minimum atomic E-state index is -1.49. The van der Waals surface area contributed by atoms with Gasteiger partial charge in [-0.05, 0) is 19.9 Å². The molecule has 2 heterocycles. The molecule has 0 bridgehead atoms. The fourth-order valence-corrected chi connectivity index (χ4v) is 1.20. The monoisotopic (exact) mass is 194 g/mol. The Labute approximate surface area is 80.4 Å². The lowest BCUT2D eigenvalue weighted by Crippen LogP contribution is -2.10. The molecule has 74 valence electrons. The average Bonchev–Trinajstić information content (AvgIpc) is 2.45. The first kappa shape index (κ1) is 8.93. The van der Waals surface area contributed by atoms with E-state index in [0.29, 0.717) is 16.9 Å². The number of anilines is 1. The van der Waals surface area contributed by atoms with Crippen molar-refractivity contribution in [3.8, 4) is 0 Å². The largest absolute Gasteiger partial charge is 0.397 e. The molecule has 0 radical (unpaired) electrons. The third-order valence-electron chi connectivity index (χ3n) is 1.92. The minimum Gasteiger partial charge on any atom is -0.397 e. The average molecular weight is 194 g/mol. The first-order chi connectivity index (χ1) is 6.47. The number of nitrogens with one attached hydrogen (secondary N) is 1. The molecule has 0 spiro atoms. The molecule has 0 unspecified atom stereocenters. The standard InChI is InChI=1S/C9H11FN4/c1-9(2,10)8-13-6-3-5(11)4-12-7(6)14-8/h3-4H,11H2,1-2H3,(H,12,13,14). The Kier molecular flexibility index (Phi) is 1.70. The van der Waals surface area contributed by atoms with Crippen LogP contribution in [0.25, 0.3) is 11.2 Å². The van der Waals surface area contributed by atoms with E-state index in [1.54, 1.807) is 6.07 Å². The first-order valence-electron chi connectivity index (χ1n) is 4.27. The molecule has 0 atom stereocenters. The molecule has 0 fully saturated rings. The highest BCUT2D eigenvalue weighted by atomic mass is 19.1. The SMILES string of the molecule is CC(C)(F)c1nc2ncc(N)cc2[nH]1. The molecule has 14 heavy (non-hydrogen) atoms. The number of H-pyrrole nitrogens is 1. The minimum absolute atomic E-state index is 0.269. The number of hydrogen-bond acceptors (Lipinski definition) is 3. The van der Waals surface area contributed by atoms with Crippen LogP contribution in [0.2, 0.25) is 0 Å². The Morgan fingerprint density at radius 1 is 1.50 bits per heavy atom. The van der Waals surface area contributed by atoms with Gasteiger partial charge in [0, 0.05) is 0 Å². The maximum absolute atomic E-state index is 13.5. The van der Waals surface area contributed by atoms with Gasteiger partial charge in [-0.2, -0.15) is 0 Å². The summed E-state index contributed by atoms with van der Waals surface area (Å²) in [6, 6.07) is 1.69. The van der Waals surface area contributed by atoms with Gasteiger partial charge in [-0.25, -0.2) is 14.4 Å². The number of fused-ring (bicyclic) bond motifs is 1. The maximum atomic E-state index is 13.5. The predicted octanol–water partition coefficient (Wildman–Crippen LogP) is 1.74. The molecule has 0 aromatic carbocycles. The Balaban J connectivity index is 2.63. The van der Waals surface area contributed by atoms with Crippen LogP contribution in [0.5, 0.6) is 0 Å². The van der Waals surface area contributed by atoms with Gasteiger partial charge in [-0.3, -0.25) is 0 Å². The molecule has 0 aliphatic carbocycles. The van der Waals surface area contributed by atoms with E-state index in [1.807, 2.05) is 0 Å². The lowest BCUT2D eigenvalue weighted by atomic mass is 10.2. The van der Waals surface area contributed by atoms with Crippen molar-refractivity contribution in [1.82, 2.24) is 15.0 Å². The number of hydrogen-bond donors (Lipinski definition) is 2. The number of halogens is 1. The second-order valence-corrected chi connectivity index (χ2v) is 3.70. The Morgan fingerprint density at radius 3 is 2.86 bits per heavy atom. The van der Waals surface area contributed by atoms with E-state index in [2.05, 4.69) is 15.0 Å². The molecule has 0 amide bonds. The Bertz CT molecular complexity index is 469. The highest BCUT2D eigenvalue weighted by Crippen LogP contribution is 2.23. The van der Waals surface area contributed by atoms with E-state index in [-0.39, 0.29) is 5.82 Å². The van der Waals surface area contributed by atoms with Crippen LogP contribution in [-0.4, -0.2) is 15.0 Å². The molecule has 0 saturated heterocycles. The second kappa shape index (κ2) is 2.67. The number of nitrogens with zero attached hydrogens (tertiary/aromatic N) is 2. The summed E-state index contributed by atoms with van der Waals surface area (Å²) in [7, 11) is 0. The van der Waals surface area contributed by atoms with Crippen LogP contribution in [0.15, 0.2) is 12.3 Å². The summed E-state index contributed by atoms with van der Waals surface area (Å²) in [6.07, 6.45) is 1.50. The van der Waals surface area contributed by atoms with E-state index in [1.165, 1.54) is 20.0 Å². The molecule has 2 aromatic rings. The van der Waals surface area contributed by atoms with Crippen molar-refractivity contribution < 1.29 is 4.39 Å². The van der Waals surface area contributed by atoms with Gasteiger partial charge in [0.25, 0.3) is 0 Å². The molecule has 5 heteroatoms. The Morgan fingerprint density at radius 2 is 2.21 bits per heavy atom. The van der Waals surface area contributed by atoms with Gasteiger partial charge in [0.1, 0.15) is 5.82 Å². The van der Waals surface area contributed by atoms with E-state index in [9.17, 15) is 4.39 Å². The highest BCUT2D eigenvalue weighted by Gasteiger charge is 2.23. The van der Waals surface area contributed by atoms with Crippen LogP contribution < -0.4 is 5.73 Å². The van der Waals surface area contributed by atoms with E-state index >= 15 is 0 Å². The number of nitrogens with two attached hydrogens (primary N) is 1. The summed E-state index contributed by atoms with van der Waals surface area (Å²) < 4.78 is 13.5. The van der Waals surface area contributed by atoms with Gasteiger partial charge in [-0.1, -0.05) is 0 Å². The Hall–Kier alpha value is -1.65. The molecule has 0 aliphatic rings. The normalized spacial score (nSPS) is 12.2. The van der Waals surface area contributed by atoms with Crippen LogP contribution in [0, 0.1) is 0 Å². The zero-order valence-electron chi connectivity index (χ0n) is 8.00. The van der Waals surface area contributed by atoms with Crippen LogP contribution in [0.4, 0.5) is 10.1 Å². The van der Waals surface area contributed by atoms with Crippen LogP contribution in [-0.2, 0) is 5.67 Å². The quantitative estimate of drug-likeness (QED) is 0.726. The van der Waals surface area contributed by atoms with E-state index in [0.717, 1.165) is 0 Å². The van der Waals surface area contributed by atoms with Gasteiger partial charge in [0.05, 0.1) is 17.4 Å². The molecular formula is C9H11FN4. The number of rotatable bonds is 1. The van der Waals surface area contributed by atoms with Crippen LogP contribution in [0.3, 0.4) is 0 Å². The molecule has 0 aliphatic heterocycles. The maximum Gasteiger partial charge on any atom is 0.177 e. The van der Waals surface area contributed by atoms with Crippen molar-refractivity contribution in [3.63, 3.8) is 0 Å². The van der Waals surface area contributed by atoms with Crippen LogP contribution in [0.1, 0.15) is 19.7 Å². The molecule has 0 saturated carbocycles. The van der Waals surface area contributed by atoms with Gasteiger partial charge >= 0.3 is 0 Å².